The molecule has 0 aromatic rings. The predicted octanol–water partition coefficient (Wildman–Crippen LogP) is 1.61. The van der Waals surface area contributed by atoms with E-state index in [1.165, 1.54) is 32.1 Å². The molecule has 0 aromatic heterocycles. The molecule has 2 heterocycles. The van der Waals surface area contributed by atoms with Gasteiger partial charge in [0.25, 0.3) is 0 Å². The van der Waals surface area contributed by atoms with Crippen LogP contribution < -0.4 is 5.32 Å². The van der Waals surface area contributed by atoms with Crippen LogP contribution in [-0.4, -0.2) is 36.1 Å². The lowest BCUT2D eigenvalue weighted by molar-refractivity contribution is 0.0122. The molecule has 2 heteroatoms. The van der Waals surface area contributed by atoms with E-state index in [4.69, 9.17) is 6.42 Å². The summed E-state index contributed by atoms with van der Waals surface area (Å²) < 4.78 is 0. The Balaban J connectivity index is 2.10. The molecule has 2 nitrogen and oxygen atoms in total. The van der Waals surface area contributed by atoms with E-state index < -0.39 is 0 Å². The summed E-state index contributed by atoms with van der Waals surface area (Å²) in [5, 5.41) is 3.43. The van der Waals surface area contributed by atoms with Crippen LogP contribution >= 0.6 is 0 Å². The molecule has 3 atom stereocenters. The third-order valence-corrected chi connectivity index (χ3v) is 4.13. The average molecular weight is 206 g/mol. The van der Waals surface area contributed by atoms with Crippen molar-refractivity contribution < 1.29 is 0 Å². The number of hydrogen-bond donors (Lipinski definition) is 1. The predicted molar refractivity (Wildman–Crippen MR) is 63.6 cm³/mol. The zero-order valence-electron chi connectivity index (χ0n) is 9.87. The van der Waals surface area contributed by atoms with E-state index in [1.54, 1.807) is 0 Å². The van der Waals surface area contributed by atoms with Crippen LogP contribution in [0.15, 0.2) is 0 Å². The standard InChI is InChI=1S/C13H22N2/c1-4-10(2)15-12-6-5-7-13(15)9-11(8-12)14-3/h1,10-14H,5-9H2,2-3H3. The maximum absolute atomic E-state index is 5.57. The molecule has 0 saturated carbocycles. The first kappa shape index (κ1) is 11.0. The van der Waals surface area contributed by atoms with Crippen molar-refractivity contribution >= 4 is 0 Å². The van der Waals surface area contributed by atoms with Gasteiger partial charge in [0.2, 0.25) is 0 Å². The molecule has 0 aromatic carbocycles. The van der Waals surface area contributed by atoms with Crippen LogP contribution in [0.25, 0.3) is 0 Å². The van der Waals surface area contributed by atoms with Gasteiger partial charge in [-0.15, -0.1) is 6.42 Å². The van der Waals surface area contributed by atoms with Gasteiger partial charge in [-0.3, -0.25) is 4.90 Å². The van der Waals surface area contributed by atoms with Gasteiger partial charge >= 0.3 is 0 Å². The summed E-state index contributed by atoms with van der Waals surface area (Å²) in [7, 11) is 2.08. The third kappa shape index (κ3) is 2.04. The van der Waals surface area contributed by atoms with Gasteiger partial charge in [-0.05, 0) is 39.7 Å². The fourth-order valence-electron chi connectivity index (χ4n) is 3.37. The van der Waals surface area contributed by atoms with Crippen LogP contribution in [0.3, 0.4) is 0 Å². The highest BCUT2D eigenvalue weighted by atomic mass is 15.2. The van der Waals surface area contributed by atoms with Crippen LogP contribution in [0.4, 0.5) is 0 Å². The molecule has 2 aliphatic heterocycles. The van der Waals surface area contributed by atoms with E-state index in [1.807, 2.05) is 0 Å². The van der Waals surface area contributed by atoms with Crippen LogP contribution in [-0.2, 0) is 0 Å². The minimum absolute atomic E-state index is 0.318. The number of fused-ring (bicyclic) bond motifs is 2. The number of hydrogen-bond acceptors (Lipinski definition) is 2. The minimum atomic E-state index is 0.318. The first-order chi connectivity index (χ1) is 7.26. The highest BCUT2D eigenvalue weighted by Gasteiger charge is 2.39. The molecule has 3 unspecified atom stereocenters. The molecule has 15 heavy (non-hydrogen) atoms. The summed E-state index contributed by atoms with van der Waals surface area (Å²) in [4.78, 5) is 2.59. The summed E-state index contributed by atoms with van der Waals surface area (Å²) in [5.74, 6) is 2.90. The summed E-state index contributed by atoms with van der Waals surface area (Å²) in [6.45, 7) is 2.17. The van der Waals surface area contributed by atoms with E-state index in [-0.39, 0.29) is 0 Å². The van der Waals surface area contributed by atoms with E-state index >= 15 is 0 Å². The Bertz CT molecular complexity index is 242. The first-order valence-corrected chi connectivity index (χ1v) is 6.17. The smallest absolute Gasteiger partial charge is 0.0688 e. The number of rotatable bonds is 2. The van der Waals surface area contributed by atoms with E-state index in [0.717, 1.165) is 12.1 Å². The second-order valence-corrected chi connectivity index (χ2v) is 4.99. The molecule has 2 rings (SSSR count). The van der Waals surface area contributed by atoms with Crippen LogP contribution in [0, 0.1) is 12.3 Å². The molecule has 2 bridgehead atoms. The second kappa shape index (κ2) is 4.55. The molecule has 0 aliphatic carbocycles. The quantitative estimate of drug-likeness (QED) is 0.691. The van der Waals surface area contributed by atoms with Gasteiger partial charge in [0.15, 0.2) is 0 Å². The summed E-state index contributed by atoms with van der Waals surface area (Å²) in [6.07, 6.45) is 12.2. The van der Waals surface area contributed by atoms with Crippen molar-refractivity contribution in [3.63, 3.8) is 0 Å². The Kier molecular flexibility index (Phi) is 3.33. The lowest BCUT2D eigenvalue weighted by atomic mass is 9.81. The highest BCUT2D eigenvalue weighted by Crippen LogP contribution is 2.35. The van der Waals surface area contributed by atoms with Gasteiger partial charge < -0.3 is 5.32 Å². The molecule has 1 N–H and O–H groups in total. The molecule has 2 saturated heterocycles. The van der Waals surface area contributed by atoms with Crippen LogP contribution in [0.1, 0.15) is 39.0 Å². The van der Waals surface area contributed by atoms with Crippen molar-refractivity contribution in [2.24, 2.45) is 0 Å². The Labute approximate surface area is 93.4 Å². The molecule has 0 radical (unpaired) electrons. The number of piperidine rings is 2. The van der Waals surface area contributed by atoms with Gasteiger partial charge in [0.1, 0.15) is 0 Å². The van der Waals surface area contributed by atoms with Crippen LogP contribution in [0.5, 0.6) is 0 Å². The van der Waals surface area contributed by atoms with Gasteiger partial charge in [-0.1, -0.05) is 12.3 Å². The van der Waals surface area contributed by atoms with Crippen molar-refractivity contribution in [1.82, 2.24) is 10.2 Å². The van der Waals surface area contributed by atoms with E-state index in [2.05, 4.69) is 30.1 Å². The topological polar surface area (TPSA) is 15.3 Å². The lowest BCUT2D eigenvalue weighted by Gasteiger charge is -2.50. The van der Waals surface area contributed by atoms with E-state index in [9.17, 15) is 0 Å². The number of nitrogens with zero attached hydrogens (tertiary/aromatic N) is 1. The van der Waals surface area contributed by atoms with Gasteiger partial charge in [0, 0.05) is 18.1 Å². The van der Waals surface area contributed by atoms with Crippen molar-refractivity contribution in [3.8, 4) is 12.3 Å². The maximum Gasteiger partial charge on any atom is 0.0688 e. The highest BCUT2D eigenvalue weighted by molar-refractivity contribution is 5.05. The largest absolute Gasteiger partial charge is 0.317 e. The maximum atomic E-state index is 5.57. The molecule has 2 fully saturated rings. The summed E-state index contributed by atoms with van der Waals surface area (Å²) in [5.41, 5.74) is 0. The Morgan fingerprint density at radius 2 is 1.93 bits per heavy atom. The fraction of sp³-hybridized carbons (Fsp3) is 0.846. The van der Waals surface area contributed by atoms with Gasteiger partial charge in [0.05, 0.1) is 6.04 Å². The second-order valence-electron chi connectivity index (χ2n) is 4.99. The zero-order chi connectivity index (χ0) is 10.8. The minimum Gasteiger partial charge on any atom is -0.317 e. The van der Waals surface area contributed by atoms with Gasteiger partial charge in [-0.2, -0.15) is 0 Å². The summed E-state index contributed by atoms with van der Waals surface area (Å²) >= 11 is 0. The zero-order valence-corrected chi connectivity index (χ0v) is 9.87. The molecule has 0 amide bonds. The molecule has 0 spiro atoms. The molecule has 84 valence electrons. The van der Waals surface area contributed by atoms with Crippen LogP contribution in [0.2, 0.25) is 0 Å². The van der Waals surface area contributed by atoms with Crippen molar-refractivity contribution in [3.05, 3.63) is 0 Å². The van der Waals surface area contributed by atoms with Crippen molar-refractivity contribution in [1.29, 1.82) is 0 Å². The van der Waals surface area contributed by atoms with Crippen molar-refractivity contribution in [2.45, 2.75) is 63.2 Å². The Morgan fingerprint density at radius 3 is 2.40 bits per heavy atom. The number of nitrogens with one attached hydrogen (secondary N) is 1. The van der Waals surface area contributed by atoms with Gasteiger partial charge in [-0.25, -0.2) is 0 Å². The Morgan fingerprint density at radius 1 is 1.33 bits per heavy atom. The summed E-state index contributed by atoms with van der Waals surface area (Å²) in [6, 6.07) is 2.47. The van der Waals surface area contributed by atoms with E-state index in [0.29, 0.717) is 12.1 Å². The molecular formula is C13H22N2. The SMILES string of the molecule is C#CC(C)N1C2CCCC1CC(NC)C2. The molecular weight excluding hydrogens is 184 g/mol. The lowest BCUT2D eigenvalue weighted by Crippen LogP contribution is -2.58. The third-order valence-electron chi connectivity index (χ3n) is 4.13. The average Bonchev–Trinajstić information content (AvgIpc) is 2.26. The fourth-order valence-corrected chi connectivity index (χ4v) is 3.37. The first-order valence-electron chi connectivity index (χ1n) is 6.17. The number of terminal acetylenes is 1. The van der Waals surface area contributed by atoms with Crippen molar-refractivity contribution in [2.75, 3.05) is 7.05 Å². The molecule has 2 aliphatic rings. The monoisotopic (exact) mass is 206 g/mol. The Hall–Kier alpha value is -0.520. The normalized spacial score (nSPS) is 38.3.